The molecule has 0 aliphatic heterocycles. The highest BCUT2D eigenvalue weighted by Gasteiger charge is 2.40. The van der Waals surface area contributed by atoms with E-state index in [1.54, 1.807) is 0 Å². The molecule has 2 bridgehead atoms. The molecule has 0 spiro atoms. The summed E-state index contributed by atoms with van der Waals surface area (Å²) >= 11 is 5.84. The number of carbonyl (C=O) groups excluding carboxylic acids is 1. The molecule has 3 rings (SSSR count). The molecule has 4 nitrogen and oxygen atoms in total. The number of aromatic hydroxyl groups is 1. The third-order valence-electron chi connectivity index (χ3n) is 4.81. The van der Waals surface area contributed by atoms with Crippen LogP contribution in [0.4, 0.5) is 0 Å². The second kappa shape index (κ2) is 5.68. The molecule has 1 aromatic carbocycles. The summed E-state index contributed by atoms with van der Waals surface area (Å²) in [5, 5.41) is 14.3. The zero-order valence-corrected chi connectivity index (χ0v) is 12.7. The Kier molecular flexibility index (Phi) is 3.89. The van der Waals surface area contributed by atoms with Crippen molar-refractivity contribution in [2.24, 2.45) is 22.9 Å². The standard InChI is InChI=1S/C16H19ClN2O2/c1-9(13-7-10-2-3-11(13)6-10)18-19-16(21)14-8-12(17)4-5-15(14)20/h4-5,8,10-11,13,20H,2-3,6-7H2,1H3,(H,19,21)/b18-9-/t10-,11-,13-/m0/s1. The Labute approximate surface area is 129 Å². The maximum absolute atomic E-state index is 12.1. The quantitative estimate of drug-likeness (QED) is 0.662. The van der Waals surface area contributed by atoms with Crippen molar-refractivity contribution in [3.8, 4) is 5.75 Å². The summed E-state index contributed by atoms with van der Waals surface area (Å²) in [5.41, 5.74) is 3.66. The number of fused-ring (bicyclic) bond motifs is 2. The first-order chi connectivity index (χ1) is 10.0. The van der Waals surface area contributed by atoms with Gasteiger partial charge in [0, 0.05) is 16.7 Å². The molecule has 2 saturated carbocycles. The molecule has 0 unspecified atom stereocenters. The van der Waals surface area contributed by atoms with Crippen molar-refractivity contribution in [1.82, 2.24) is 5.43 Å². The number of halogens is 1. The molecule has 2 fully saturated rings. The number of nitrogens with one attached hydrogen (secondary N) is 1. The van der Waals surface area contributed by atoms with Gasteiger partial charge in [-0.3, -0.25) is 4.79 Å². The number of benzene rings is 1. The second-order valence-corrected chi connectivity index (χ2v) is 6.57. The van der Waals surface area contributed by atoms with Crippen molar-refractivity contribution in [2.45, 2.75) is 32.6 Å². The van der Waals surface area contributed by atoms with E-state index in [4.69, 9.17) is 11.6 Å². The minimum absolute atomic E-state index is 0.0929. The van der Waals surface area contributed by atoms with E-state index >= 15 is 0 Å². The van der Waals surface area contributed by atoms with Crippen LogP contribution in [-0.2, 0) is 0 Å². The molecule has 2 aliphatic rings. The minimum Gasteiger partial charge on any atom is -0.507 e. The SMILES string of the molecule is C/C(=N/NC(=O)c1cc(Cl)ccc1O)[C@@H]1C[C@H]2CC[C@H]1C2. The third kappa shape index (κ3) is 2.91. The van der Waals surface area contributed by atoms with Crippen LogP contribution in [0.25, 0.3) is 0 Å². The van der Waals surface area contributed by atoms with Gasteiger partial charge in [0.05, 0.1) is 5.56 Å². The number of rotatable bonds is 3. The number of phenols is 1. The molecule has 2 aliphatic carbocycles. The van der Waals surface area contributed by atoms with Gasteiger partial charge in [0.15, 0.2) is 0 Å². The van der Waals surface area contributed by atoms with Gasteiger partial charge in [-0.1, -0.05) is 18.0 Å². The molecule has 21 heavy (non-hydrogen) atoms. The van der Waals surface area contributed by atoms with Gasteiger partial charge in [0.25, 0.3) is 5.91 Å². The molecule has 112 valence electrons. The number of amides is 1. The summed E-state index contributed by atoms with van der Waals surface area (Å²) in [6.45, 7) is 1.98. The van der Waals surface area contributed by atoms with Gasteiger partial charge < -0.3 is 5.11 Å². The van der Waals surface area contributed by atoms with Crippen LogP contribution in [0.15, 0.2) is 23.3 Å². The molecule has 5 heteroatoms. The van der Waals surface area contributed by atoms with Crippen LogP contribution in [0.1, 0.15) is 43.0 Å². The van der Waals surface area contributed by atoms with E-state index in [0.29, 0.717) is 10.9 Å². The van der Waals surface area contributed by atoms with Crippen molar-refractivity contribution >= 4 is 23.2 Å². The molecular weight excluding hydrogens is 288 g/mol. The smallest absolute Gasteiger partial charge is 0.275 e. The van der Waals surface area contributed by atoms with Gasteiger partial charge in [-0.15, -0.1) is 0 Å². The maximum Gasteiger partial charge on any atom is 0.275 e. The van der Waals surface area contributed by atoms with Crippen LogP contribution in [-0.4, -0.2) is 16.7 Å². The van der Waals surface area contributed by atoms with Crippen LogP contribution in [0.3, 0.4) is 0 Å². The number of hydrogen-bond acceptors (Lipinski definition) is 3. The molecule has 0 saturated heterocycles. The van der Waals surface area contributed by atoms with Gasteiger partial charge >= 0.3 is 0 Å². The van der Waals surface area contributed by atoms with Gasteiger partial charge in [0.2, 0.25) is 0 Å². The van der Waals surface area contributed by atoms with Crippen molar-refractivity contribution in [3.63, 3.8) is 0 Å². The van der Waals surface area contributed by atoms with E-state index in [0.717, 1.165) is 17.5 Å². The van der Waals surface area contributed by atoms with Crippen LogP contribution in [0.5, 0.6) is 5.75 Å². The van der Waals surface area contributed by atoms with E-state index in [2.05, 4.69) is 10.5 Å². The largest absolute Gasteiger partial charge is 0.507 e. The van der Waals surface area contributed by atoms with Crippen LogP contribution >= 0.6 is 11.6 Å². The summed E-state index contributed by atoms with van der Waals surface area (Å²) < 4.78 is 0. The number of nitrogens with zero attached hydrogens (tertiary/aromatic N) is 1. The zero-order valence-electron chi connectivity index (χ0n) is 12.0. The number of carbonyl (C=O) groups is 1. The van der Waals surface area contributed by atoms with E-state index < -0.39 is 5.91 Å². The lowest BCUT2D eigenvalue weighted by molar-refractivity contribution is 0.0951. The summed E-state index contributed by atoms with van der Waals surface area (Å²) in [4.78, 5) is 12.1. The lowest BCUT2D eigenvalue weighted by Gasteiger charge is -2.21. The molecule has 2 N–H and O–H groups in total. The zero-order chi connectivity index (χ0) is 15.0. The van der Waals surface area contributed by atoms with Gasteiger partial charge in [-0.2, -0.15) is 5.10 Å². The lowest BCUT2D eigenvalue weighted by atomic mass is 9.86. The van der Waals surface area contributed by atoms with E-state index in [1.807, 2.05) is 6.92 Å². The van der Waals surface area contributed by atoms with Crippen LogP contribution in [0.2, 0.25) is 5.02 Å². The van der Waals surface area contributed by atoms with Crippen molar-refractivity contribution in [2.75, 3.05) is 0 Å². The first-order valence-corrected chi connectivity index (χ1v) is 7.75. The van der Waals surface area contributed by atoms with Gasteiger partial charge in [-0.05, 0) is 56.2 Å². The van der Waals surface area contributed by atoms with E-state index in [9.17, 15) is 9.90 Å². The number of hydrogen-bond donors (Lipinski definition) is 2. The lowest BCUT2D eigenvalue weighted by Crippen LogP contribution is -2.24. The predicted molar refractivity (Wildman–Crippen MR) is 82.6 cm³/mol. The molecular formula is C16H19ClN2O2. The molecule has 1 amide bonds. The van der Waals surface area contributed by atoms with Gasteiger partial charge in [0.1, 0.15) is 5.75 Å². The van der Waals surface area contributed by atoms with E-state index in [-0.39, 0.29) is 11.3 Å². The highest BCUT2D eigenvalue weighted by Crippen LogP contribution is 2.48. The Bertz CT molecular complexity index is 600. The fourth-order valence-electron chi connectivity index (χ4n) is 3.73. The number of hydrazone groups is 1. The molecule has 0 heterocycles. The topological polar surface area (TPSA) is 61.7 Å². The maximum atomic E-state index is 12.1. The summed E-state index contributed by atoms with van der Waals surface area (Å²) in [6.07, 6.45) is 5.13. The van der Waals surface area contributed by atoms with Crippen molar-refractivity contribution in [3.05, 3.63) is 28.8 Å². The Morgan fingerprint density at radius 2 is 2.19 bits per heavy atom. The molecule has 0 aromatic heterocycles. The second-order valence-electron chi connectivity index (χ2n) is 6.14. The predicted octanol–water partition coefficient (Wildman–Crippen LogP) is 3.59. The Morgan fingerprint density at radius 1 is 1.38 bits per heavy atom. The third-order valence-corrected chi connectivity index (χ3v) is 5.05. The minimum atomic E-state index is -0.433. The normalized spacial score (nSPS) is 27.9. The fraction of sp³-hybridized carbons (Fsp3) is 0.500. The fourth-order valence-corrected chi connectivity index (χ4v) is 3.90. The Hall–Kier alpha value is -1.55. The van der Waals surface area contributed by atoms with Crippen molar-refractivity contribution in [1.29, 1.82) is 0 Å². The average Bonchev–Trinajstić information content (AvgIpc) is 3.09. The Morgan fingerprint density at radius 3 is 2.86 bits per heavy atom. The monoisotopic (exact) mass is 306 g/mol. The van der Waals surface area contributed by atoms with Crippen LogP contribution in [0, 0.1) is 17.8 Å². The summed E-state index contributed by atoms with van der Waals surface area (Å²) in [6, 6.07) is 4.38. The van der Waals surface area contributed by atoms with Gasteiger partial charge in [-0.25, -0.2) is 5.43 Å². The number of phenolic OH excluding ortho intramolecular Hbond substituents is 1. The summed E-state index contributed by atoms with van der Waals surface area (Å²) in [5.74, 6) is 1.55. The Balaban J connectivity index is 1.67. The highest BCUT2D eigenvalue weighted by molar-refractivity contribution is 6.31. The summed E-state index contributed by atoms with van der Waals surface area (Å²) in [7, 11) is 0. The average molecular weight is 307 g/mol. The molecule has 3 atom stereocenters. The van der Waals surface area contributed by atoms with Crippen LogP contribution < -0.4 is 5.43 Å². The molecule has 0 radical (unpaired) electrons. The first-order valence-electron chi connectivity index (χ1n) is 7.37. The molecule has 1 aromatic rings. The highest BCUT2D eigenvalue weighted by atomic mass is 35.5. The first kappa shape index (κ1) is 14.4. The van der Waals surface area contributed by atoms with E-state index in [1.165, 1.54) is 43.9 Å². The van der Waals surface area contributed by atoms with Crippen molar-refractivity contribution < 1.29 is 9.90 Å².